The topological polar surface area (TPSA) is 73.6 Å². The van der Waals surface area contributed by atoms with E-state index in [-0.39, 0.29) is 12.5 Å². The number of alkyl halides is 3. The van der Waals surface area contributed by atoms with Crippen molar-refractivity contribution >= 4 is 22.7 Å². The number of likely N-dealkylation sites (N-methyl/N-ethyl adjacent to an activating group) is 1. The molecule has 0 saturated carbocycles. The zero-order valence-electron chi connectivity index (χ0n) is 17.6. The van der Waals surface area contributed by atoms with Crippen LogP contribution in [0.5, 0.6) is 0 Å². The summed E-state index contributed by atoms with van der Waals surface area (Å²) in [6.45, 7) is 1.95. The number of thioether (sulfide) groups is 1. The first-order valence-electron chi connectivity index (χ1n) is 9.27. The Kier molecular flexibility index (Phi) is 8.90. The summed E-state index contributed by atoms with van der Waals surface area (Å²) in [4.78, 5) is 22.9. The molecule has 0 aromatic heterocycles. The predicted octanol–water partition coefficient (Wildman–Crippen LogP) is 2.27. The zero-order chi connectivity index (χ0) is 23.0. The number of carbonyl (C=O) groups excluding carboxylic acids is 1. The fourth-order valence-electron chi connectivity index (χ4n) is 2.94. The van der Waals surface area contributed by atoms with Gasteiger partial charge in [-0.15, -0.1) is 0 Å². The third kappa shape index (κ3) is 6.46. The molecule has 1 atom stereocenters. The molecule has 2 aromatic rings. The molecule has 6 nitrogen and oxygen atoms in total. The van der Waals surface area contributed by atoms with Crippen LogP contribution in [0.4, 0.5) is 13.2 Å². The van der Waals surface area contributed by atoms with Gasteiger partial charge in [-0.3, -0.25) is 9.63 Å². The monoisotopic (exact) mass is 456 g/mol. The van der Waals surface area contributed by atoms with Crippen LogP contribution in [-0.2, 0) is 27.3 Å². The molecule has 1 unspecified atom stereocenters. The largest absolute Gasteiger partial charge is 0.416 e. The van der Waals surface area contributed by atoms with Crippen molar-refractivity contribution < 1.29 is 32.8 Å². The molecule has 0 spiro atoms. The van der Waals surface area contributed by atoms with E-state index in [1.165, 1.54) is 32.0 Å². The van der Waals surface area contributed by atoms with Gasteiger partial charge in [-0.05, 0) is 47.7 Å². The van der Waals surface area contributed by atoms with Gasteiger partial charge in [-0.2, -0.15) is 18.7 Å². The summed E-state index contributed by atoms with van der Waals surface area (Å²) in [5, 5.41) is 5.75. The van der Waals surface area contributed by atoms with E-state index in [1.54, 1.807) is 18.4 Å². The van der Waals surface area contributed by atoms with Gasteiger partial charge < -0.3 is 10.2 Å². The molecule has 0 aliphatic heterocycles. The second-order valence-corrected chi connectivity index (χ2v) is 7.33. The van der Waals surface area contributed by atoms with Crippen LogP contribution in [0.25, 0.3) is 0 Å². The summed E-state index contributed by atoms with van der Waals surface area (Å²) in [5.74, 6) is -0.290. The number of hydroxylamine groups is 1. The van der Waals surface area contributed by atoms with Crippen LogP contribution in [0.3, 0.4) is 0 Å². The van der Waals surface area contributed by atoms with Gasteiger partial charge in [0, 0.05) is 12.6 Å². The summed E-state index contributed by atoms with van der Waals surface area (Å²) in [6, 6.07) is 9.71. The molecule has 0 fully saturated rings. The quantitative estimate of drug-likeness (QED) is 0.323. The molecular formula is C21H25F3N3O3S+. The van der Waals surface area contributed by atoms with Crippen LogP contribution in [0, 0.1) is 6.92 Å². The van der Waals surface area contributed by atoms with Gasteiger partial charge in [0.1, 0.15) is 6.04 Å². The molecule has 0 aliphatic rings. The predicted molar refractivity (Wildman–Crippen MR) is 113 cm³/mol. The third-order valence-electron chi connectivity index (χ3n) is 4.54. The highest BCUT2D eigenvalue weighted by atomic mass is 32.2. The average Bonchev–Trinajstić information content (AvgIpc) is 2.75. The van der Waals surface area contributed by atoms with Crippen LogP contribution < -0.4 is 16.0 Å². The van der Waals surface area contributed by atoms with E-state index in [9.17, 15) is 18.0 Å². The van der Waals surface area contributed by atoms with Crippen molar-refractivity contribution in [1.82, 2.24) is 10.8 Å². The average molecular weight is 457 g/mol. The minimum absolute atomic E-state index is 0.0733. The van der Waals surface area contributed by atoms with Crippen molar-refractivity contribution in [3.05, 3.63) is 70.3 Å². The van der Waals surface area contributed by atoms with Crippen molar-refractivity contribution in [2.45, 2.75) is 25.7 Å². The van der Waals surface area contributed by atoms with Crippen LogP contribution >= 0.6 is 11.8 Å². The second kappa shape index (κ2) is 11.2. The van der Waals surface area contributed by atoms with Crippen molar-refractivity contribution in [3.8, 4) is 0 Å². The molecule has 0 heterocycles. The lowest BCUT2D eigenvalue weighted by atomic mass is 9.96. The lowest BCUT2D eigenvalue weighted by Crippen LogP contribution is -2.71. The number of halogens is 3. The maximum atomic E-state index is 13.0. The lowest BCUT2D eigenvalue weighted by molar-refractivity contribution is -0.756. The van der Waals surface area contributed by atoms with Crippen LogP contribution in [0.15, 0.2) is 42.5 Å². The Morgan fingerprint density at radius 3 is 2.55 bits per heavy atom. The summed E-state index contributed by atoms with van der Waals surface area (Å²) in [7, 11) is 2.94. The first-order chi connectivity index (χ1) is 14.7. The lowest BCUT2D eigenvalue weighted by Gasteiger charge is -2.19. The highest BCUT2D eigenvalue weighted by Crippen LogP contribution is 2.30. The number of amides is 1. The fourth-order valence-corrected chi connectivity index (χ4v) is 3.45. The van der Waals surface area contributed by atoms with E-state index in [2.05, 4.69) is 16.0 Å². The Bertz CT molecular complexity index is 936. The standard InChI is InChI=1S/C21H24F3N3O3S/c1-13-7-5-10-16(18(26-29-3)19(28)25-2)17(13)12-30-27-20(31-4)14-8-6-9-15(11-14)21(22,23)24/h5-11,18,26H,12H2,1-4H3,(H,25,28)/p+1/b27-20-. The Hall–Kier alpha value is -2.56. The first-order valence-corrected chi connectivity index (χ1v) is 10.5. The molecule has 2 rings (SSSR count). The molecule has 31 heavy (non-hydrogen) atoms. The van der Waals surface area contributed by atoms with Gasteiger partial charge in [-0.1, -0.05) is 36.0 Å². The van der Waals surface area contributed by atoms with E-state index in [0.717, 1.165) is 23.3 Å². The molecule has 1 amide bonds. The number of rotatable bonds is 8. The Morgan fingerprint density at radius 1 is 1.23 bits per heavy atom. The number of benzene rings is 2. The summed E-state index contributed by atoms with van der Waals surface area (Å²) in [5.41, 5.74) is 4.58. The van der Waals surface area contributed by atoms with Crippen molar-refractivity contribution in [1.29, 1.82) is 0 Å². The van der Waals surface area contributed by atoms with Gasteiger partial charge in [0.15, 0.2) is 6.61 Å². The number of nitrogens with one attached hydrogen (secondary N) is 3. The second-order valence-electron chi connectivity index (χ2n) is 6.51. The van der Waals surface area contributed by atoms with E-state index < -0.39 is 17.8 Å². The van der Waals surface area contributed by atoms with Crippen LogP contribution in [0.1, 0.15) is 33.9 Å². The van der Waals surface area contributed by atoms with Crippen LogP contribution in [-0.4, -0.2) is 31.4 Å². The number of hydrogen-bond donors (Lipinski definition) is 3. The summed E-state index contributed by atoms with van der Waals surface area (Å²) in [6.07, 6.45) is -2.70. The molecule has 2 aromatic carbocycles. The van der Waals surface area contributed by atoms with Crippen LogP contribution in [0.2, 0.25) is 0 Å². The minimum Gasteiger partial charge on any atom is -0.357 e. The number of carbonyl (C=O) groups is 1. The van der Waals surface area contributed by atoms with E-state index >= 15 is 0 Å². The highest BCUT2D eigenvalue weighted by Gasteiger charge is 2.31. The third-order valence-corrected chi connectivity index (χ3v) is 5.27. The van der Waals surface area contributed by atoms with E-state index in [1.807, 2.05) is 19.1 Å². The van der Waals surface area contributed by atoms with Gasteiger partial charge in [0.2, 0.25) is 5.91 Å². The first kappa shape index (κ1) is 24.7. The van der Waals surface area contributed by atoms with Gasteiger partial charge >= 0.3 is 6.18 Å². The van der Waals surface area contributed by atoms with E-state index in [4.69, 9.17) is 9.68 Å². The molecule has 168 valence electrons. The van der Waals surface area contributed by atoms with Crippen molar-refractivity contribution in [3.63, 3.8) is 0 Å². The SMILES string of the molecule is CNC(=O)C(NOC)c1cccc(C)c1CO/[NH+]=C(\SC)c1cccc(C(F)(F)F)c1. The van der Waals surface area contributed by atoms with Gasteiger partial charge in [0.05, 0.1) is 18.2 Å². The summed E-state index contributed by atoms with van der Waals surface area (Å²) < 4.78 is 39.0. The van der Waals surface area contributed by atoms with Gasteiger partial charge in [-0.25, -0.2) is 0 Å². The molecule has 0 radical (unpaired) electrons. The molecule has 0 bridgehead atoms. The Balaban J connectivity index is 2.30. The number of aryl methyl sites for hydroxylation is 1. The molecular weight excluding hydrogens is 431 g/mol. The fraction of sp³-hybridized carbons (Fsp3) is 0.333. The van der Waals surface area contributed by atoms with Crippen molar-refractivity contribution in [2.24, 2.45) is 0 Å². The molecule has 10 heteroatoms. The normalized spacial score (nSPS) is 13.1. The number of hydrogen-bond acceptors (Lipinski definition) is 5. The summed E-state index contributed by atoms with van der Waals surface area (Å²) >= 11 is 1.23. The maximum Gasteiger partial charge on any atom is 0.416 e. The highest BCUT2D eigenvalue weighted by molar-refractivity contribution is 8.13. The molecule has 3 N–H and O–H groups in total. The maximum absolute atomic E-state index is 13.0. The van der Waals surface area contributed by atoms with Gasteiger partial charge in [0.25, 0.3) is 5.04 Å². The smallest absolute Gasteiger partial charge is 0.357 e. The molecule has 0 saturated heterocycles. The Labute approximate surface area is 183 Å². The van der Waals surface area contributed by atoms with E-state index in [0.29, 0.717) is 16.2 Å². The minimum atomic E-state index is -4.43. The Morgan fingerprint density at radius 2 is 1.94 bits per heavy atom. The zero-order valence-corrected chi connectivity index (χ0v) is 18.4. The molecule has 0 aliphatic carbocycles. The van der Waals surface area contributed by atoms with Crippen molar-refractivity contribution in [2.75, 3.05) is 20.4 Å².